The summed E-state index contributed by atoms with van der Waals surface area (Å²) in [5.41, 5.74) is 4.34. The number of amides is 1. The molecule has 10 heteroatoms. The zero-order valence-electron chi connectivity index (χ0n) is 14.5. The van der Waals surface area contributed by atoms with Crippen molar-refractivity contribution in [1.29, 1.82) is 0 Å². The molecule has 3 rings (SSSR count). The topological polar surface area (TPSA) is 72.2 Å². The molecule has 0 radical (unpaired) electrons. The second-order valence-corrected chi connectivity index (χ2v) is 7.66. The maximum Gasteiger partial charge on any atom is 0.392 e. The van der Waals surface area contributed by atoms with Gasteiger partial charge in [0, 0.05) is 4.88 Å². The van der Waals surface area contributed by atoms with Crippen molar-refractivity contribution in [3.63, 3.8) is 0 Å². The van der Waals surface area contributed by atoms with E-state index in [4.69, 9.17) is 5.73 Å². The Balaban J connectivity index is 2.10. The number of thiophene rings is 1. The zero-order valence-corrected chi connectivity index (χ0v) is 15.3. The number of anilines is 1. The third-order valence-corrected chi connectivity index (χ3v) is 5.67. The monoisotopic (exact) mass is 418 g/mol. The summed E-state index contributed by atoms with van der Waals surface area (Å²) in [5.74, 6) is -5.75. The molecular weight excluding hydrogens is 403 g/mol. The summed E-state index contributed by atoms with van der Waals surface area (Å²) in [6.07, 6.45) is -5.34. The lowest BCUT2D eigenvalue weighted by molar-refractivity contribution is -0.171. The molecule has 0 bridgehead atoms. The minimum atomic E-state index is -4.47. The van der Waals surface area contributed by atoms with Gasteiger partial charge in [-0.05, 0) is 37.5 Å². The van der Waals surface area contributed by atoms with Gasteiger partial charge < -0.3 is 11.1 Å². The largest absolute Gasteiger partial charge is 0.392 e. The van der Waals surface area contributed by atoms with Crippen molar-refractivity contribution < 1.29 is 31.5 Å². The van der Waals surface area contributed by atoms with Gasteiger partial charge in [0.15, 0.2) is 0 Å². The van der Waals surface area contributed by atoms with Crippen LogP contribution in [0.25, 0.3) is 0 Å². The van der Waals surface area contributed by atoms with Crippen LogP contribution in [0, 0.1) is 17.6 Å². The first kappa shape index (κ1) is 20.4. The molecule has 3 N–H and O–H groups in total. The molecular formula is C18H15F5N2O2S. The molecule has 4 nitrogen and oxygen atoms in total. The number of nitrogens with two attached hydrogens (primary N) is 1. The van der Waals surface area contributed by atoms with Crippen LogP contribution in [0.1, 0.15) is 33.3 Å². The average Bonchev–Trinajstić information content (AvgIpc) is 3.11. The van der Waals surface area contributed by atoms with E-state index in [0.29, 0.717) is 0 Å². The molecule has 1 heterocycles. The lowest BCUT2D eigenvalue weighted by Gasteiger charge is -2.15. The van der Waals surface area contributed by atoms with Gasteiger partial charge in [-0.15, -0.1) is 11.3 Å². The molecule has 0 fully saturated rings. The van der Waals surface area contributed by atoms with Crippen molar-refractivity contribution >= 4 is 28.0 Å². The number of nitrogens with one attached hydrogen (secondary N) is 1. The molecule has 1 aliphatic rings. The van der Waals surface area contributed by atoms with Crippen LogP contribution < -0.4 is 11.1 Å². The number of alkyl halides is 3. The minimum absolute atomic E-state index is 0.0550. The van der Waals surface area contributed by atoms with E-state index in [0.717, 1.165) is 29.5 Å². The van der Waals surface area contributed by atoms with E-state index in [1.165, 1.54) is 6.92 Å². The Bertz CT molecular complexity index is 932. The summed E-state index contributed by atoms with van der Waals surface area (Å²) in [4.78, 5) is 25.1. The molecule has 2 atom stereocenters. The van der Waals surface area contributed by atoms with Crippen LogP contribution in [-0.4, -0.2) is 23.9 Å². The first-order valence-electron chi connectivity index (χ1n) is 8.27. The predicted molar refractivity (Wildman–Crippen MR) is 93.3 cm³/mol. The van der Waals surface area contributed by atoms with Gasteiger partial charge in [0.1, 0.15) is 16.6 Å². The molecule has 0 aliphatic heterocycles. The highest BCUT2D eigenvalue weighted by Crippen LogP contribution is 2.46. The van der Waals surface area contributed by atoms with Crippen molar-refractivity contribution in [3.05, 3.63) is 51.4 Å². The molecule has 1 aliphatic carbocycles. The Labute approximate surface area is 160 Å². The second kappa shape index (κ2) is 7.25. The first-order chi connectivity index (χ1) is 13.0. The third-order valence-electron chi connectivity index (χ3n) is 4.50. The number of ketones is 1. The van der Waals surface area contributed by atoms with E-state index in [1.54, 1.807) is 0 Å². The van der Waals surface area contributed by atoms with Crippen molar-refractivity contribution in [1.82, 2.24) is 0 Å². The van der Waals surface area contributed by atoms with Gasteiger partial charge >= 0.3 is 6.18 Å². The highest BCUT2D eigenvalue weighted by Gasteiger charge is 2.46. The second-order valence-electron chi connectivity index (χ2n) is 6.56. The van der Waals surface area contributed by atoms with Gasteiger partial charge in [-0.1, -0.05) is 6.07 Å². The molecule has 2 aromatic rings. The normalized spacial score (nSPS) is 17.3. The smallest absolute Gasteiger partial charge is 0.320 e. The number of halogens is 5. The van der Waals surface area contributed by atoms with E-state index >= 15 is 0 Å². The van der Waals surface area contributed by atoms with Gasteiger partial charge in [0.25, 0.3) is 0 Å². The molecule has 1 unspecified atom stereocenters. The summed E-state index contributed by atoms with van der Waals surface area (Å²) < 4.78 is 67.5. The molecule has 0 saturated carbocycles. The quantitative estimate of drug-likeness (QED) is 0.586. The Kier molecular flexibility index (Phi) is 5.28. The summed E-state index contributed by atoms with van der Waals surface area (Å²) in [6.45, 7) is 1.38. The lowest BCUT2D eigenvalue weighted by atomic mass is 9.97. The van der Waals surface area contributed by atoms with E-state index in [2.05, 4.69) is 5.32 Å². The van der Waals surface area contributed by atoms with Crippen molar-refractivity contribution in [2.24, 2.45) is 11.7 Å². The van der Waals surface area contributed by atoms with Crippen LogP contribution in [0.4, 0.5) is 27.0 Å². The molecule has 150 valence electrons. The van der Waals surface area contributed by atoms with E-state index in [-0.39, 0.29) is 27.4 Å². The molecule has 1 aromatic carbocycles. The molecule has 1 amide bonds. The number of rotatable bonds is 4. The Morgan fingerprint density at radius 1 is 1.18 bits per heavy atom. The van der Waals surface area contributed by atoms with Crippen molar-refractivity contribution in [2.75, 3.05) is 5.32 Å². The van der Waals surface area contributed by atoms with Crippen LogP contribution in [0.2, 0.25) is 0 Å². The number of hydrogen-bond donors (Lipinski definition) is 2. The summed E-state index contributed by atoms with van der Waals surface area (Å²) in [7, 11) is 0. The standard InChI is InChI=1S/C18H15F5N2O2S/c1-7(24)16(27)25-17-13(15(26)14-10(19)3-2-4-11(14)20)9-5-8(18(21,22)23)6-12(9)28-17/h2-4,7-8H,5-6,24H2,1H3,(H,25,27)/t7-,8?/m0/s1. The fourth-order valence-electron chi connectivity index (χ4n) is 3.06. The average molecular weight is 418 g/mol. The number of carbonyl (C=O) groups is 2. The number of carbonyl (C=O) groups excluding carboxylic acids is 2. The molecule has 0 saturated heterocycles. The van der Waals surface area contributed by atoms with Gasteiger partial charge in [0.2, 0.25) is 11.7 Å². The van der Waals surface area contributed by atoms with Crippen LogP contribution in [0.3, 0.4) is 0 Å². The first-order valence-corrected chi connectivity index (χ1v) is 9.08. The van der Waals surface area contributed by atoms with Crippen molar-refractivity contribution in [2.45, 2.75) is 32.0 Å². The van der Waals surface area contributed by atoms with Crippen molar-refractivity contribution in [3.8, 4) is 0 Å². The summed E-state index contributed by atoms with van der Waals surface area (Å²) >= 11 is 0.796. The van der Waals surface area contributed by atoms with Gasteiger partial charge in [-0.2, -0.15) is 13.2 Å². The fraction of sp³-hybridized carbons (Fsp3) is 0.333. The molecule has 28 heavy (non-hydrogen) atoms. The van der Waals surface area contributed by atoms with E-state index in [1.807, 2.05) is 0 Å². The van der Waals surface area contributed by atoms with E-state index in [9.17, 15) is 31.5 Å². The number of fused-ring (bicyclic) bond motifs is 1. The SMILES string of the molecule is C[C@H](N)C(=O)Nc1sc2c(c1C(=O)c1c(F)cccc1F)CC(C(F)(F)F)C2. The minimum Gasteiger partial charge on any atom is -0.320 e. The third kappa shape index (κ3) is 3.66. The summed E-state index contributed by atoms with van der Waals surface area (Å²) in [5, 5.41) is 2.34. The molecule has 1 aromatic heterocycles. The maximum atomic E-state index is 14.1. The fourth-order valence-corrected chi connectivity index (χ4v) is 4.37. The Morgan fingerprint density at radius 2 is 1.79 bits per heavy atom. The highest BCUT2D eigenvalue weighted by atomic mass is 32.1. The van der Waals surface area contributed by atoms with Crippen LogP contribution >= 0.6 is 11.3 Å². The highest BCUT2D eigenvalue weighted by molar-refractivity contribution is 7.17. The Hall–Kier alpha value is -2.33. The van der Waals surface area contributed by atoms with Crippen LogP contribution in [-0.2, 0) is 17.6 Å². The lowest BCUT2D eigenvalue weighted by Crippen LogP contribution is -2.32. The maximum absolute atomic E-state index is 14.1. The number of benzene rings is 1. The summed E-state index contributed by atoms with van der Waals surface area (Å²) in [6, 6.07) is 1.87. The van der Waals surface area contributed by atoms with Gasteiger partial charge in [-0.3, -0.25) is 9.59 Å². The predicted octanol–water partition coefficient (Wildman–Crippen LogP) is 3.82. The zero-order chi connectivity index (χ0) is 20.8. The Morgan fingerprint density at radius 3 is 2.32 bits per heavy atom. The van der Waals surface area contributed by atoms with Gasteiger partial charge in [0.05, 0.1) is 23.1 Å². The number of hydrogen-bond acceptors (Lipinski definition) is 4. The molecule has 0 spiro atoms. The van der Waals surface area contributed by atoms with Crippen LogP contribution in [0.5, 0.6) is 0 Å². The van der Waals surface area contributed by atoms with Gasteiger partial charge in [-0.25, -0.2) is 8.78 Å². The van der Waals surface area contributed by atoms with Crippen LogP contribution in [0.15, 0.2) is 18.2 Å². The van der Waals surface area contributed by atoms with E-state index < -0.39 is 53.4 Å².